The lowest BCUT2D eigenvalue weighted by Crippen LogP contribution is -2.17. The summed E-state index contributed by atoms with van der Waals surface area (Å²) in [4.78, 5) is 15.3. The molecule has 0 fully saturated rings. The monoisotopic (exact) mass is 641 g/mol. The van der Waals surface area contributed by atoms with Gasteiger partial charge in [-0.2, -0.15) is 0 Å². The van der Waals surface area contributed by atoms with Gasteiger partial charge in [-0.15, -0.1) is 0 Å². The van der Waals surface area contributed by atoms with Crippen LogP contribution in [-0.4, -0.2) is 15.0 Å². The number of ether oxygens (including phenoxy) is 1. The zero-order valence-corrected chi connectivity index (χ0v) is 27.7. The second-order valence-electron chi connectivity index (χ2n) is 13.6. The molecule has 4 nitrogen and oxygen atoms in total. The molecule has 0 saturated carbocycles. The zero-order chi connectivity index (χ0) is 33.4. The standard InChI is InChI=1S/C46H31N3O/c1-46(2)38-19-7-6-15-33(38)36-17-10-18-37(42(36)46)45-48-43(30-11-4-3-5-12-30)47-44(49-45)31-23-21-28(22-24-31)32-25-26-34-35-16-8-13-29-14-9-20-39(41(29)35)50-40(34)27-32/h3-27H,1-2H3. The third kappa shape index (κ3) is 4.35. The predicted molar refractivity (Wildman–Crippen MR) is 202 cm³/mol. The van der Waals surface area contributed by atoms with Gasteiger partial charge in [0.2, 0.25) is 0 Å². The van der Waals surface area contributed by atoms with Crippen LogP contribution in [0.3, 0.4) is 0 Å². The molecule has 0 bridgehead atoms. The number of nitrogens with zero attached hydrogens (tertiary/aromatic N) is 3. The van der Waals surface area contributed by atoms with Gasteiger partial charge in [0.05, 0.1) is 0 Å². The maximum Gasteiger partial charge on any atom is 0.164 e. The molecule has 2 aliphatic rings. The summed E-state index contributed by atoms with van der Waals surface area (Å²) in [6, 6.07) is 53.0. The molecular formula is C46H31N3O. The highest BCUT2D eigenvalue weighted by molar-refractivity contribution is 6.04. The summed E-state index contributed by atoms with van der Waals surface area (Å²) in [5.41, 5.74) is 12.3. The first-order valence-electron chi connectivity index (χ1n) is 17.0. The lowest BCUT2D eigenvalue weighted by Gasteiger charge is -2.24. The minimum Gasteiger partial charge on any atom is -0.456 e. The van der Waals surface area contributed by atoms with E-state index in [1.807, 2.05) is 24.3 Å². The summed E-state index contributed by atoms with van der Waals surface area (Å²) in [6.45, 7) is 4.59. The molecule has 2 heterocycles. The van der Waals surface area contributed by atoms with E-state index in [9.17, 15) is 0 Å². The van der Waals surface area contributed by atoms with Crippen molar-refractivity contribution in [1.29, 1.82) is 0 Å². The van der Waals surface area contributed by atoms with Gasteiger partial charge in [-0.25, -0.2) is 15.0 Å². The Hall–Kier alpha value is -6.39. The lowest BCUT2D eigenvalue weighted by atomic mass is 9.80. The molecule has 0 saturated heterocycles. The van der Waals surface area contributed by atoms with E-state index >= 15 is 0 Å². The number of rotatable bonds is 4. The fraction of sp³-hybridized carbons (Fsp3) is 0.0652. The van der Waals surface area contributed by atoms with Crippen LogP contribution in [-0.2, 0) is 5.41 Å². The van der Waals surface area contributed by atoms with Crippen LogP contribution < -0.4 is 4.74 Å². The number of hydrogen-bond donors (Lipinski definition) is 0. The molecule has 0 unspecified atom stereocenters. The average molecular weight is 642 g/mol. The van der Waals surface area contributed by atoms with Gasteiger partial charge in [0.25, 0.3) is 0 Å². The van der Waals surface area contributed by atoms with E-state index in [4.69, 9.17) is 19.7 Å². The molecule has 0 N–H and O–H groups in total. The normalized spacial score (nSPS) is 13.3. The summed E-state index contributed by atoms with van der Waals surface area (Å²) >= 11 is 0. The number of fused-ring (bicyclic) bond motifs is 5. The van der Waals surface area contributed by atoms with Gasteiger partial charge in [-0.05, 0) is 62.5 Å². The van der Waals surface area contributed by atoms with E-state index in [1.54, 1.807) is 0 Å². The number of aromatic nitrogens is 3. The topological polar surface area (TPSA) is 47.9 Å². The van der Waals surface area contributed by atoms with E-state index in [2.05, 4.69) is 141 Å². The second kappa shape index (κ2) is 10.8. The van der Waals surface area contributed by atoms with Crippen molar-refractivity contribution in [3.63, 3.8) is 0 Å². The van der Waals surface area contributed by atoms with Gasteiger partial charge in [0.15, 0.2) is 17.5 Å². The van der Waals surface area contributed by atoms with Crippen LogP contribution in [0.2, 0.25) is 0 Å². The molecule has 1 aromatic heterocycles. The zero-order valence-electron chi connectivity index (χ0n) is 27.7. The molecule has 10 rings (SSSR count). The van der Waals surface area contributed by atoms with Crippen LogP contribution in [0.1, 0.15) is 25.0 Å². The Bertz CT molecular complexity index is 2640. The fourth-order valence-corrected chi connectivity index (χ4v) is 7.93. The summed E-state index contributed by atoms with van der Waals surface area (Å²) in [5.74, 6) is 3.74. The van der Waals surface area contributed by atoms with Crippen LogP contribution in [0.25, 0.3) is 78.3 Å². The molecule has 0 amide bonds. The third-order valence-corrected chi connectivity index (χ3v) is 10.3. The van der Waals surface area contributed by atoms with Crippen molar-refractivity contribution in [2.45, 2.75) is 19.3 Å². The van der Waals surface area contributed by atoms with Gasteiger partial charge >= 0.3 is 0 Å². The molecule has 7 aromatic carbocycles. The Morgan fingerprint density at radius 1 is 0.420 bits per heavy atom. The Morgan fingerprint density at radius 2 is 1.02 bits per heavy atom. The second-order valence-corrected chi connectivity index (χ2v) is 13.6. The largest absolute Gasteiger partial charge is 0.456 e. The third-order valence-electron chi connectivity index (χ3n) is 10.3. The Labute approximate surface area is 290 Å². The minimum absolute atomic E-state index is 0.197. The molecule has 236 valence electrons. The van der Waals surface area contributed by atoms with E-state index in [1.165, 1.54) is 38.6 Å². The van der Waals surface area contributed by atoms with Crippen LogP contribution in [0.5, 0.6) is 11.5 Å². The first-order valence-corrected chi connectivity index (χ1v) is 17.0. The van der Waals surface area contributed by atoms with E-state index in [-0.39, 0.29) is 5.41 Å². The highest BCUT2D eigenvalue weighted by Crippen LogP contribution is 2.52. The van der Waals surface area contributed by atoms with Crippen molar-refractivity contribution >= 4 is 10.8 Å². The van der Waals surface area contributed by atoms with Crippen molar-refractivity contribution in [3.8, 4) is 79.0 Å². The fourth-order valence-electron chi connectivity index (χ4n) is 7.93. The molecule has 50 heavy (non-hydrogen) atoms. The number of hydrogen-bond acceptors (Lipinski definition) is 4. The van der Waals surface area contributed by atoms with Crippen LogP contribution in [0.4, 0.5) is 0 Å². The quantitative estimate of drug-likeness (QED) is 0.192. The van der Waals surface area contributed by atoms with Crippen LogP contribution >= 0.6 is 0 Å². The summed E-state index contributed by atoms with van der Waals surface area (Å²) in [6.07, 6.45) is 0. The molecule has 1 aliphatic heterocycles. The van der Waals surface area contributed by atoms with Crippen molar-refractivity contribution in [2.24, 2.45) is 0 Å². The Kier molecular flexibility index (Phi) is 6.19. The highest BCUT2D eigenvalue weighted by atomic mass is 16.5. The summed E-state index contributed by atoms with van der Waals surface area (Å²) in [7, 11) is 0. The highest BCUT2D eigenvalue weighted by Gasteiger charge is 2.38. The Morgan fingerprint density at radius 3 is 1.84 bits per heavy atom. The summed E-state index contributed by atoms with van der Waals surface area (Å²) < 4.78 is 6.46. The van der Waals surface area contributed by atoms with Gasteiger partial charge in [-0.1, -0.05) is 147 Å². The van der Waals surface area contributed by atoms with Crippen molar-refractivity contribution in [1.82, 2.24) is 15.0 Å². The van der Waals surface area contributed by atoms with Gasteiger partial charge < -0.3 is 4.74 Å². The van der Waals surface area contributed by atoms with Crippen LogP contribution in [0.15, 0.2) is 152 Å². The first-order chi connectivity index (χ1) is 24.5. The molecular weight excluding hydrogens is 611 g/mol. The van der Waals surface area contributed by atoms with Crippen molar-refractivity contribution < 1.29 is 4.74 Å². The lowest BCUT2D eigenvalue weighted by molar-refractivity contribution is 0.487. The summed E-state index contributed by atoms with van der Waals surface area (Å²) in [5, 5.41) is 2.35. The smallest absolute Gasteiger partial charge is 0.164 e. The molecule has 8 aromatic rings. The molecule has 1 aliphatic carbocycles. The van der Waals surface area contributed by atoms with Crippen molar-refractivity contribution in [2.75, 3.05) is 0 Å². The molecule has 0 spiro atoms. The van der Waals surface area contributed by atoms with E-state index < -0.39 is 0 Å². The minimum atomic E-state index is -0.197. The van der Waals surface area contributed by atoms with Gasteiger partial charge in [-0.3, -0.25) is 0 Å². The molecule has 0 atom stereocenters. The van der Waals surface area contributed by atoms with Crippen molar-refractivity contribution in [3.05, 3.63) is 163 Å². The maximum atomic E-state index is 6.46. The molecule has 4 heteroatoms. The first kappa shape index (κ1) is 28.6. The maximum absolute atomic E-state index is 6.46. The van der Waals surface area contributed by atoms with E-state index in [0.717, 1.165) is 44.9 Å². The van der Waals surface area contributed by atoms with Crippen LogP contribution in [0, 0.1) is 0 Å². The average Bonchev–Trinajstić information content (AvgIpc) is 3.41. The predicted octanol–water partition coefficient (Wildman–Crippen LogP) is 11.8. The van der Waals surface area contributed by atoms with Gasteiger partial charge in [0, 0.05) is 33.1 Å². The molecule has 0 radical (unpaired) electrons. The Balaban J connectivity index is 1.06. The van der Waals surface area contributed by atoms with E-state index in [0.29, 0.717) is 17.5 Å². The number of benzene rings is 7. The van der Waals surface area contributed by atoms with Gasteiger partial charge in [0.1, 0.15) is 11.5 Å². The SMILES string of the molecule is CC1(C)c2ccccc2-c2cccc(-c3nc(-c4ccccc4)nc(-c4ccc(-c5ccc6c(c5)Oc5cccc7cccc-6c57)cc4)n3)c21.